The highest BCUT2D eigenvalue weighted by molar-refractivity contribution is 5.80. The van der Waals surface area contributed by atoms with Crippen LogP contribution in [0.2, 0.25) is 0 Å². The number of pyridine rings is 1. The lowest BCUT2D eigenvalue weighted by molar-refractivity contribution is -0.192. The predicted octanol–water partition coefficient (Wildman–Crippen LogP) is 0.417. The van der Waals surface area contributed by atoms with E-state index in [2.05, 4.69) is 4.98 Å². The van der Waals surface area contributed by atoms with Gasteiger partial charge in [-0.05, 0) is 20.0 Å². The molecule has 1 aromatic heterocycles. The smallest absolute Gasteiger partial charge is 0.262 e. The minimum absolute atomic E-state index is 0.210. The van der Waals surface area contributed by atoms with Crippen molar-refractivity contribution < 1.29 is 10.0 Å². The molecule has 1 fully saturated rings. The fraction of sp³-hybridized carbons (Fsp3) is 0.400. The van der Waals surface area contributed by atoms with E-state index in [4.69, 9.17) is 0 Å². The third-order valence-electron chi connectivity index (χ3n) is 2.97. The number of aromatic nitrogens is 1. The summed E-state index contributed by atoms with van der Waals surface area (Å²) in [6.45, 7) is 2.00. The van der Waals surface area contributed by atoms with Gasteiger partial charge in [-0.25, -0.2) is 0 Å². The Morgan fingerprint density at radius 2 is 2.33 bits per heavy atom. The topological polar surface area (TPSA) is 56.7 Å². The zero-order valence-corrected chi connectivity index (χ0v) is 8.71. The quantitative estimate of drug-likeness (QED) is 0.678. The molecular weight excluding hydrogens is 194 g/mol. The maximum atomic E-state index is 11.4. The van der Waals surface area contributed by atoms with E-state index in [1.807, 2.05) is 6.07 Å². The molecule has 0 aliphatic carbocycles. The Balaban J connectivity index is 2.46. The molecule has 1 aliphatic rings. The number of carbonyl (C=O) groups is 1. The van der Waals surface area contributed by atoms with Crippen molar-refractivity contribution in [3.63, 3.8) is 0 Å². The standard InChI is InChI=1S/C10H13N3O2/c1-10(8-4-3-5-11-6-8)12(2)7-9(14)13(10)15/h3-6,15H,7H2,1-2H3. The minimum Gasteiger partial charge on any atom is -0.284 e. The van der Waals surface area contributed by atoms with Gasteiger partial charge >= 0.3 is 0 Å². The molecule has 1 aromatic rings. The number of nitrogens with zero attached hydrogens (tertiary/aromatic N) is 3. The van der Waals surface area contributed by atoms with Crippen molar-refractivity contribution in [1.82, 2.24) is 14.9 Å². The van der Waals surface area contributed by atoms with Crippen LogP contribution in [0, 0.1) is 0 Å². The normalized spacial score (nSPS) is 27.4. The molecule has 0 saturated carbocycles. The molecule has 2 rings (SSSR count). The molecule has 0 aromatic carbocycles. The van der Waals surface area contributed by atoms with Crippen molar-refractivity contribution in [2.75, 3.05) is 13.6 Å². The van der Waals surface area contributed by atoms with Crippen LogP contribution in [0.25, 0.3) is 0 Å². The summed E-state index contributed by atoms with van der Waals surface area (Å²) in [6, 6.07) is 3.62. The highest BCUT2D eigenvalue weighted by Crippen LogP contribution is 2.33. The lowest BCUT2D eigenvalue weighted by Crippen LogP contribution is -2.45. The van der Waals surface area contributed by atoms with Crippen LogP contribution < -0.4 is 0 Å². The number of carbonyl (C=O) groups excluding carboxylic acids is 1. The molecule has 0 spiro atoms. The number of hydrogen-bond acceptors (Lipinski definition) is 4. The maximum Gasteiger partial charge on any atom is 0.262 e. The number of likely N-dealkylation sites (N-methyl/N-ethyl adjacent to an activating group) is 1. The maximum absolute atomic E-state index is 11.4. The monoisotopic (exact) mass is 207 g/mol. The van der Waals surface area contributed by atoms with E-state index >= 15 is 0 Å². The Morgan fingerprint density at radius 1 is 1.60 bits per heavy atom. The molecule has 5 heteroatoms. The zero-order chi connectivity index (χ0) is 11.1. The molecule has 15 heavy (non-hydrogen) atoms. The SMILES string of the molecule is CN1CC(=O)N(O)C1(C)c1cccnc1. The van der Waals surface area contributed by atoms with Gasteiger partial charge in [0.05, 0.1) is 6.54 Å². The molecule has 1 N–H and O–H groups in total. The van der Waals surface area contributed by atoms with E-state index in [-0.39, 0.29) is 12.5 Å². The van der Waals surface area contributed by atoms with Gasteiger partial charge in [-0.2, -0.15) is 5.06 Å². The van der Waals surface area contributed by atoms with E-state index in [0.29, 0.717) is 0 Å². The second-order valence-corrected chi connectivity index (χ2v) is 3.82. The van der Waals surface area contributed by atoms with Crippen LogP contribution in [0.3, 0.4) is 0 Å². The van der Waals surface area contributed by atoms with E-state index in [0.717, 1.165) is 10.6 Å². The second-order valence-electron chi connectivity index (χ2n) is 3.82. The highest BCUT2D eigenvalue weighted by Gasteiger charge is 2.47. The Labute approximate surface area is 87.9 Å². The molecule has 0 radical (unpaired) electrons. The largest absolute Gasteiger partial charge is 0.284 e. The molecule has 80 valence electrons. The number of hydrogen-bond donors (Lipinski definition) is 1. The average Bonchev–Trinajstić information content (AvgIpc) is 2.45. The van der Waals surface area contributed by atoms with Crippen LogP contribution in [0.5, 0.6) is 0 Å². The molecule has 1 amide bonds. The van der Waals surface area contributed by atoms with Crippen molar-refractivity contribution >= 4 is 5.91 Å². The summed E-state index contributed by atoms with van der Waals surface area (Å²) < 4.78 is 0. The molecule has 2 heterocycles. The van der Waals surface area contributed by atoms with Crippen molar-refractivity contribution in [3.8, 4) is 0 Å². The van der Waals surface area contributed by atoms with E-state index in [1.54, 1.807) is 37.3 Å². The van der Waals surface area contributed by atoms with Crippen LogP contribution in [-0.2, 0) is 10.5 Å². The van der Waals surface area contributed by atoms with Gasteiger partial charge < -0.3 is 0 Å². The molecule has 1 saturated heterocycles. The molecule has 1 aliphatic heterocycles. The predicted molar refractivity (Wildman–Crippen MR) is 52.9 cm³/mol. The highest BCUT2D eigenvalue weighted by atomic mass is 16.5. The van der Waals surface area contributed by atoms with Gasteiger partial charge in [-0.3, -0.25) is 19.9 Å². The second kappa shape index (κ2) is 3.29. The molecule has 5 nitrogen and oxygen atoms in total. The Morgan fingerprint density at radius 3 is 2.80 bits per heavy atom. The van der Waals surface area contributed by atoms with Gasteiger partial charge in [0.2, 0.25) is 0 Å². The number of amides is 1. The summed E-state index contributed by atoms with van der Waals surface area (Å²) in [4.78, 5) is 17.2. The first kappa shape index (κ1) is 10.1. The lowest BCUT2D eigenvalue weighted by atomic mass is 10.0. The van der Waals surface area contributed by atoms with Crippen LogP contribution in [0.4, 0.5) is 0 Å². The first-order chi connectivity index (χ1) is 7.06. The van der Waals surface area contributed by atoms with Gasteiger partial charge in [-0.1, -0.05) is 6.07 Å². The molecule has 1 atom stereocenters. The third kappa shape index (κ3) is 1.32. The van der Waals surface area contributed by atoms with Gasteiger partial charge in [0, 0.05) is 18.0 Å². The van der Waals surface area contributed by atoms with E-state index < -0.39 is 5.66 Å². The van der Waals surface area contributed by atoms with Crippen molar-refractivity contribution in [2.45, 2.75) is 12.6 Å². The summed E-state index contributed by atoms with van der Waals surface area (Å²) >= 11 is 0. The molecule has 0 bridgehead atoms. The van der Waals surface area contributed by atoms with E-state index in [9.17, 15) is 10.0 Å². The fourth-order valence-electron chi connectivity index (χ4n) is 1.81. The van der Waals surface area contributed by atoms with Gasteiger partial charge in [-0.15, -0.1) is 0 Å². The van der Waals surface area contributed by atoms with Crippen LogP contribution in [-0.4, -0.2) is 39.7 Å². The van der Waals surface area contributed by atoms with Crippen molar-refractivity contribution in [1.29, 1.82) is 0 Å². The summed E-state index contributed by atoms with van der Waals surface area (Å²) in [6.07, 6.45) is 3.31. The van der Waals surface area contributed by atoms with E-state index in [1.165, 1.54) is 0 Å². The van der Waals surface area contributed by atoms with Crippen LogP contribution in [0.1, 0.15) is 12.5 Å². The van der Waals surface area contributed by atoms with Crippen LogP contribution >= 0.6 is 0 Å². The summed E-state index contributed by atoms with van der Waals surface area (Å²) in [7, 11) is 1.79. The summed E-state index contributed by atoms with van der Waals surface area (Å²) in [5.74, 6) is -0.302. The Kier molecular flexibility index (Phi) is 2.21. The van der Waals surface area contributed by atoms with Gasteiger partial charge in [0.25, 0.3) is 5.91 Å². The number of hydroxylamine groups is 2. The van der Waals surface area contributed by atoms with Gasteiger partial charge in [0.1, 0.15) is 5.66 Å². The minimum atomic E-state index is -0.814. The first-order valence-electron chi connectivity index (χ1n) is 4.70. The Hall–Kier alpha value is -1.46. The van der Waals surface area contributed by atoms with Crippen LogP contribution in [0.15, 0.2) is 24.5 Å². The lowest BCUT2D eigenvalue weighted by Gasteiger charge is -2.35. The number of rotatable bonds is 1. The summed E-state index contributed by atoms with van der Waals surface area (Å²) in [5.41, 5.74) is -0.0217. The van der Waals surface area contributed by atoms with Crippen molar-refractivity contribution in [2.24, 2.45) is 0 Å². The van der Waals surface area contributed by atoms with Gasteiger partial charge in [0.15, 0.2) is 0 Å². The zero-order valence-electron chi connectivity index (χ0n) is 8.71. The first-order valence-corrected chi connectivity index (χ1v) is 4.70. The Bertz CT molecular complexity index is 382. The molecule has 1 unspecified atom stereocenters. The molecular formula is C10H13N3O2. The average molecular weight is 207 g/mol. The fourth-order valence-corrected chi connectivity index (χ4v) is 1.81. The van der Waals surface area contributed by atoms with Crippen molar-refractivity contribution in [3.05, 3.63) is 30.1 Å². The summed E-state index contributed by atoms with van der Waals surface area (Å²) in [5, 5.41) is 10.5. The third-order valence-corrected chi connectivity index (χ3v) is 2.97.